The van der Waals surface area contributed by atoms with Crippen LogP contribution in [0.5, 0.6) is 11.5 Å². The normalized spacial score (nSPS) is 17.3. The van der Waals surface area contributed by atoms with E-state index in [4.69, 9.17) is 9.47 Å². The summed E-state index contributed by atoms with van der Waals surface area (Å²) in [6.07, 6.45) is 2.52. The van der Waals surface area contributed by atoms with Gasteiger partial charge in [0.15, 0.2) is 0 Å². The molecular weight excluding hydrogens is 404 g/mol. The number of hydrogen-bond acceptors (Lipinski definition) is 5. The second-order valence-electron chi connectivity index (χ2n) is 7.27. The number of piperidine rings is 1. The van der Waals surface area contributed by atoms with Crippen LogP contribution in [-0.2, 0) is 21.4 Å². The average molecular weight is 433 g/mol. The first kappa shape index (κ1) is 22.1. The topological polar surface area (TPSA) is 84.9 Å². The van der Waals surface area contributed by atoms with Crippen LogP contribution in [0.2, 0.25) is 0 Å². The summed E-state index contributed by atoms with van der Waals surface area (Å²) in [5.74, 6) is 1.20. The zero-order valence-corrected chi connectivity index (χ0v) is 18.2. The highest BCUT2D eigenvalue weighted by Crippen LogP contribution is 2.28. The molecule has 0 saturated carbocycles. The fraction of sp³-hybridized carbons (Fsp3) is 0.409. The lowest BCUT2D eigenvalue weighted by Gasteiger charge is -2.34. The lowest BCUT2D eigenvalue weighted by molar-refractivity contribution is -0.122. The number of amides is 1. The number of sulfonamides is 1. The van der Waals surface area contributed by atoms with Crippen molar-refractivity contribution in [2.45, 2.75) is 43.2 Å². The third-order valence-corrected chi connectivity index (χ3v) is 7.27. The number of rotatable bonds is 8. The number of benzene rings is 2. The summed E-state index contributed by atoms with van der Waals surface area (Å²) in [5, 5.41) is 2.89. The van der Waals surface area contributed by atoms with Crippen LogP contribution >= 0.6 is 0 Å². The van der Waals surface area contributed by atoms with Gasteiger partial charge in [0.2, 0.25) is 15.9 Å². The number of carbonyl (C=O) groups excluding carboxylic acids is 1. The molecule has 0 bridgehead atoms. The Morgan fingerprint density at radius 3 is 2.20 bits per heavy atom. The fourth-order valence-electron chi connectivity index (χ4n) is 3.61. The van der Waals surface area contributed by atoms with Crippen LogP contribution < -0.4 is 14.8 Å². The molecule has 1 aliphatic heterocycles. The Bertz CT molecular complexity index is 942. The van der Waals surface area contributed by atoms with Gasteiger partial charge in [-0.15, -0.1) is 0 Å². The van der Waals surface area contributed by atoms with Crippen LogP contribution in [0.3, 0.4) is 0 Å². The molecular formula is C22H28N2O5S. The number of ether oxygens (including phenoxy) is 2. The Kier molecular flexibility index (Phi) is 7.33. The van der Waals surface area contributed by atoms with Crippen molar-refractivity contribution >= 4 is 15.9 Å². The molecule has 0 spiro atoms. The van der Waals surface area contributed by atoms with Crippen molar-refractivity contribution in [1.29, 1.82) is 0 Å². The highest BCUT2D eigenvalue weighted by atomic mass is 32.2. The second-order valence-corrected chi connectivity index (χ2v) is 9.16. The molecule has 0 unspecified atom stereocenters. The zero-order chi connectivity index (χ0) is 21.6. The molecule has 1 aliphatic rings. The minimum Gasteiger partial charge on any atom is -0.497 e. The number of hydrogen-bond donors (Lipinski definition) is 1. The molecule has 162 valence electrons. The van der Waals surface area contributed by atoms with E-state index in [0.717, 1.165) is 24.2 Å². The van der Waals surface area contributed by atoms with Crippen LogP contribution in [0.4, 0.5) is 0 Å². The summed E-state index contributed by atoms with van der Waals surface area (Å²) in [5.41, 5.74) is 0.954. The van der Waals surface area contributed by atoms with Gasteiger partial charge in [0, 0.05) is 25.6 Å². The molecule has 0 aromatic heterocycles. The summed E-state index contributed by atoms with van der Waals surface area (Å²) >= 11 is 0. The van der Waals surface area contributed by atoms with E-state index in [-0.39, 0.29) is 23.3 Å². The van der Waals surface area contributed by atoms with Gasteiger partial charge in [-0.1, -0.05) is 18.6 Å². The maximum atomic E-state index is 13.2. The predicted molar refractivity (Wildman–Crippen MR) is 114 cm³/mol. The summed E-state index contributed by atoms with van der Waals surface area (Å²) in [6.45, 7) is 0.811. The SMILES string of the molecule is COc1ccc(CNC(=O)C[C@@H]2CCCCN2S(=O)(=O)c2ccc(OC)cc2)cc1. The predicted octanol–water partition coefficient (Wildman–Crippen LogP) is 2.95. The molecule has 30 heavy (non-hydrogen) atoms. The molecule has 7 nitrogen and oxygen atoms in total. The molecule has 0 radical (unpaired) electrons. The third-order valence-electron chi connectivity index (χ3n) is 5.31. The average Bonchev–Trinajstić information content (AvgIpc) is 2.78. The molecule has 1 N–H and O–H groups in total. The van der Waals surface area contributed by atoms with Gasteiger partial charge in [0.05, 0.1) is 19.1 Å². The van der Waals surface area contributed by atoms with E-state index < -0.39 is 10.0 Å². The second kappa shape index (κ2) is 9.95. The molecule has 1 heterocycles. The molecule has 1 atom stereocenters. The Hall–Kier alpha value is -2.58. The standard InChI is InChI=1S/C22H28N2O5S/c1-28-19-8-6-17(7-9-19)16-23-22(25)15-18-5-3-4-14-24(18)30(26,27)21-12-10-20(29-2)11-13-21/h6-13,18H,3-5,14-16H2,1-2H3,(H,23,25)/t18-/m0/s1. The Morgan fingerprint density at radius 2 is 1.60 bits per heavy atom. The molecule has 8 heteroatoms. The lowest BCUT2D eigenvalue weighted by atomic mass is 10.0. The molecule has 3 rings (SSSR count). The highest BCUT2D eigenvalue weighted by molar-refractivity contribution is 7.89. The van der Waals surface area contributed by atoms with Crippen molar-refractivity contribution in [2.24, 2.45) is 0 Å². The Morgan fingerprint density at radius 1 is 1.00 bits per heavy atom. The summed E-state index contributed by atoms with van der Waals surface area (Å²) in [4.78, 5) is 12.7. The Balaban J connectivity index is 1.64. The van der Waals surface area contributed by atoms with E-state index in [0.29, 0.717) is 25.3 Å². The van der Waals surface area contributed by atoms with Crippen molar-refractivity contribution in [2.75, 3.05) is 20.8 Å². The molecule has 1 fully saturated rings. The number of methoxy groups -OCH3 is 2. The summed E-state index contributed by atoms with van der Waals surface area (Å²) in [6, 6.07) is 13.5. The van der Waals surface area contributed by atoms with E-state index in [1.165, 1.54) is 11.4 Å². The van der Waals surface area contributed by atoms with E-state index in [2.05, 4.69) is 5.32 Å². The van der Waals surface area contributed by atoms with Crippen molar-refractivity contribution < 1.29 is 22.7 Å². The molecule has 0 aliphatic carbocycles. The summed E-state index contributed by atoms with van der Waals surface area (Å²) in [7, 11) is -0.532. The van der Waals surface area contributed by atoms with Gasteiger partial charge in [-0.25, -0.2) is 8.42 Å². The monoisotopic (exact) mass is 432 g/mol. The minimum absolute atomic E-state index is 0.144. The van der Waals surface area contributed by atoms with E-state index in [1.54, 1.807) is 31.4 Å². The van der Waals surface area contributed by atoms with Gasteiger partial charge in [-0.2, -0.15) is 4.31 Å². The van der Waals surface area contributed by atoms with Gasteiger partial charge in [-0.05, 0) is 54.8 Å². The van der Waals surface area contributed by atoms with Gasteiger partial charge >= 0.3 is 0 Å². The molecule has 1 saturated heterocycles. The lowest BCUT2D eigenvalue weighted by Crippen LogP contribution is -2.45. The number of carbonyl (C=O) groups is 1. The van der Waals surface area contributed by atoms with Gasteiger partial charge < -0.3 is 14.8 Å². The van der Waals surface area contributed by atoms with Gasteiger partial charge in [-0.3, -0.25) is 4.79 Å². The first-order chi connectivity index (χ1) is 14.4. The quantitative estimate of drug-likeness (QED) is 0.693. The van der Waals surface area contributed by atoms with Crippen molar-refractivity contribution in [3.63, 3.8) is 0 Å². The van der Waals surface area contributed by atoms with Crippen molar-refractivity contribution in [3.8, 4) is 11.5 Å². The van der Waals surface area contributed by atoms with E-state index >= 15 is 0 Å². The molecule has 1 amide bonds. The largest absolute Gasteiger partial charge is 0.497 e. The van der Waals surface area contributed by atoms with E-state index in [9.17, 15) is 13.2 Å². The maximum absolute atomic E-state index is 13.2. The van der Waals surface area contributed by atoms with Crippen molar-refractivity contribution in [3.05, 3.63) is 54.1 Å². The zero-order valence-electron chi connectivity index (χ0n) is 17.3. The Labute approximate surface area is 178 Å². The number of nitrogens with one attached hydrogen (secondary N) is 1. The fourth-order valence-corrected chi connectivity index (χ4v) is 5.30. The molecule has 2 aromatic carbocycles. The smallest absolute Gasteiger partial charge is 0.243 e. The van der Waals surface area contributed by atoms with Crippen LogP contribution in [0.15, 0.2) is 53.4 Å². The highest BCUT2D eigenvalue weighted by Gasteiger charge is 2.34. The van der Waals surface area contributed by atoms with E-state index in [1.807, 2.05) is 24.3 Å². The third kappa shape index (κ3) is 5.31. The number of nitrogens with zero attached hydrogens (tertiary/aromatic N) is 1. The van der Waals surface area contributed by atoms with Crippen LogP contribution in [0.1, 0.15) is 31.2 Å². The first-order valence-corrected chi connectivity index (χ1v) is 11.4. The minimum atomic E-state index is -3.67. The maximum Gasteiger partial charge on any atom is 0.243 e. The van der Waals surface area contributed by atoms with Crippen LogP contribution in [0, 0.1) is 0 Å². The molecule has 2 aromatic rings. The van der Waals surface area contributed by atoms with Crippen molar-refractivity contribution in [1.82, 2.24) is 9.62 Å². The van der Waals surface area contributed by atoms with Gasteiger partial charge in [0.25, 0.3) is 0 Å². The first-order valence-electron chi connectivity index (χ1n) is 9.99. The summed E-state index contributed by atoms with van der Waals surface area (Å²) < 4.78 is 38.0. The van der Waals surface area contributed by atoms with Crippen LogP contribution in [0.25, 0.3) is 0 Å². The van der Waals surface area contributed by atoms with Crippen LogP contribution in [-0.4, -0.2) is 45.4 Å². The van der Waals surface area contributed by atoms with Gasteiger partial charge in [0.1, 0.15) is 11.5 Å².